The first-order valence-electron chi connectivity index (χ1n) is 8.69. The Labute approximate surface area is 148 Å². The molecule has 0 atom stereocenters. The molecule has 25 heavy (non-hydrogen) atoms. The molecule has 1 aromatic carbocycles. The van der Waals surface area contributed by atoms with Crippen molar-refractivity contribution in [2.24, 2.45) is 0 Å². The molecule has 0 aliphatic carbocycles. The topological polar surface area (TPSA) is 58.3 Å². The fourth-order valence-electron chi connectivity index (χ4n) is 3.40. The number of nitrogen functional groups attached to an aromatic ring is 1. The van der Waals surface area contributed by atoms with Crippen molar-refractivity contribution in [2.75, 3.05) is 37.8 Å². The Hall–Kier alpha value is -2.21. The first-order chi connectivity index (χ1) is 11.9. The molecule has 2 aromatic rings. The van der Waals surface area contributed by atoms with Crippen LogP contribution in [0, 0.1) is 19.7 Å². The van der Waals surface area contributed by atoms with Crippen LogP contribution in [0.4, 0.5) is 15.9 Å². The molecule has 6 heteroatoms. The minimum atomic E-state index is -0.225. The third-order valence-electron chi connectivity index (χ3n) is 5.04. The highest BCUT2D eigenvalue weighted by Gasteiger charge is 2.24. The van der Waals surface area contributed by atoms with E-state index in [-0.39, 0.29) is 5.82 Å². The second-order valence-corrected chi connectivity index (χ2v) is 6.97. The van der Waals surface area contributed by atoms with Gasteiger partial charge in [-0.3, -0.25) is 0 Å². The fourth-order valence-corrected chi connectivity index (χ4v) is 3.40. The molecule has 3 rings (SSSR count). The van der Waals surface area contributed by atoms with Gasteiger partial charge >= 0.3 is 0 Å². The Kier molecular flexibility index (Phi) is 4.90. The molecule has 1 aromatic heterocycles. The normalized spacial score (nSPS) is 16.2. The Morgan fingerprint density at radius 3 is 2.52 bits per heavy atom. The van der Waals surface area contributed by atoms with Crippen LogP contribution in [0.3, 0.4) is 0 Å². The van der Waals surface area contributed by atoms with Gasteiger partial charge in [0, 0.05) is 18.7 Å². The van der Waals surface area contributed by atoms with Crippen LogP contribution >= 0.6 is 0 Å². The van der Waals surface area contributed by atoms with E-state index < -0.39 is 0 Å². The van der Waals surface area contributed by atoms with Gasteiger partial charge in [0.1, 0.15) is 17.3 Å². The lowest BCUT2D eigenvalue weighted by atomic mass is 10.0. The SMILES string of the molecule is Cc1nc(-c2ccc(F)c(C)c2)c(N)c(N(C)C2CCN(C)CC2)n1. The van der Waals surface area contributed by atoms with E-state index in [4.69, 9.17) is 5.73 Å². The number of hydrogen-bond donors (Lipinski definition) is 1. The van der Waals surface area contributed by atoms with Gasteiger partial charge in [0.15, 0.2) is 5.82 Å². The van der Waals surface area contributed by atoms with Crippen molar-refractivity contribution in [3.05, 3.63) is 35.4 Å². The number of nitrogens with zero attached hydrogens (tertiary/aromatic N) is 4. The monoisotopic (exact) mass is 343 g/mol. The Morgan fingerprint density at radius 1 is 1.20 bits per heavy atom. The predicted molar refractivity (Wildman–Crippen MR) is 100 cm³/mol. The highest BCUT2D eigenvalue weighted by molar-refractivity contribution is 5.81. The summed E-state index contributed by atoms with van der Waals surface area (Å²) >= 11 is 0. The van der Waals surface area contributed by atoms with E-state index in [1.165, 1.54) is 6.07 Å². The molecule has 1 fully saturated rings. The number of aromatic nitrogens is 2. The maximum Gasteiger partial charge on any atom is 0.156 e. The van der Waals surface area contributed by atoms with E-state index in [0.29, 0.717) is 28.8 Å². The average molecular weight is 343 g/mol. The lowest BCUT2D eigenvalue weighted by molar-refractivity contribution is 0.252. The lowest BCUT2D eigenvalue weighted by Crippen LogP contribution is -2.42. The van der Waals surface area contributed by atoms with Gasteiger partial charge in [-0.15, -0.1) is 0 Å². The van der Waals surface area contributed by atoms with Crippen molar-refractivity contribution in [1.29, 1.82) is 0 Å². The van der Waals surface area contributed by atoms with E-state index >= 15 is 0 Å². The summed E-state index contributed by atoms with van der Waals surface area (Å²) in [7, 11) is 4.20. The summed E-state index contributed by atoms with van der Waals surface area (Å²) in [4.78, 5) is 13.6. The van der Waals surface area contributed by atoms with Crippen LogP contribution in [0.5, 0.6) is 0 Å². The molecule has 0 radical (unpaired) electrons. The summed E-state index contributed by atoms with van der Waals surface area (Å²) in [6.45, 7) is 5.76. The van der Waals surface area contributed by atoms with Crippen molar-refractivity contribution in [3.8, 4) is 11.3 Å². The number of benzene rings is 1. The molecule has 5 nitrogen and oxygen atoms in total. The minimum absolute atomic E-state index is 0.225. The Balaban J connectivity index is 1.98. The zero-order valence-electron chi connectivity index (χ0n) is 15.4. The van der Waals surface area contributed by atoms with Crippen LogP contribution in [-0.2, 0) is 0 Å². The van der Waals surface area contributed by atoms with Crippen LogP contribution in [0.1, 0.15) is 24.2 Å². The molecule has 1 aliphatic rings. The minimum Gasteiger partial charge on any atom is -0.394 e. The zero-order chi connectivity index (χ0) is 18.1. The summed E-state index contributed by atoms with van der Waals surface area (Å²) in [6.07, 6.45) is 2.17. The van der Waals surface area contributed by atoms with E-state index in [0.717, 1.165) is 37.3 Å². The second-order valence-electron chi connectivity index (χ2n) is 6.97. The third kappa shape index (κ3) is 3.58. The van der Waals surface area contributed by atoms with Gasteiger partial charge in [-0.25, -0.2) is 14.4 Å². The summed E-state index contributed by atoms with van der Waals surface area (Å²) < 4.78 is 13.6. The molecule has 2 N–H and O–H groups in total. The van der Waals surface area contributed by atoms with Crippen LogP contribution in [0.15, 0.2) is 18.2 Å². The molecule has 0 bridgehead atoms. The van der Waals surface area contributed by atoms with Gasteiger partial charge in [-0.1, -0.05) is 0 Å². The first-order valence-corrected chi connectivity index (χ1v) is 8.69. The molecule has 1 aliphatic heterocycles. The van der Waals surface area contributed by atoms with E-state index in [2.05, 4.69) is 26.8 Å². The highest BCUT2D eigenvalue weighted by Crippen LogP contribution is 2.33. The van der Waals surface area contributed by atoms with Crippen molar-refractivity contribution >= 4 is 11.5 Å². The first kappa shape index (κ1) is 17.6. The third-order valence-corrected chi connectivity index (χ3v) is 5.04. The highest BCUT2D eigenvalue weighted by atomic mass is 19.1. The van der Waals surface area contributed by atoms with Gasteiger partial charge in [-0.2, -0.15) is 0 Å². The average Bonchev–Trinajstić information content (AvgIpc) is 2.59. The van der Waals surface area contributed by atoms with E-state index in [9.17, 15) is 4.39 Å². The quantitative estimate of drug-likeness (QED) is 0.928. The van der Waals surface area contributed by atoms with Crippen molar-refractivity contribution in [2.45, 2.75) is 32.7 Å². The van der Waals surface area contributed by atoms with Crippen LogP contribution in [-0.4, -0.2) is 48.1 Å². The number of nitrogens with two attached hydrogens (primary N) is 1. The molecule has 2 heterocycles. The van der Waals surface area contributed by atoms with Crippen molar-refractivity contribution in [1.82, 2.24) is 14.9 Å². The number of aryl methyl sites for hydroxylation is 2. The van der Waals surface area contributed by atoms with Crippen molar-refractivity contribution < 1.29 is 4.39 Å². The fraction of sp³-hybridized carbons (Fsp3) is 0.474. The molecule has 0 spiro atoms. The summed E-state index contributed by atoms with van der Waals surface area (Å²) in [5, 5.41) is 0. The van der Waals surface area contributed by atoms with Gasteiger partial charge in [0.05, 0.1) is 5.69 Å². The lowest BCUT2D eigenvalue weighted by Gasteiger charge is -2.36. The number of piperidine rings is 1. The summed E-state index contributed by atoms with van der Waals surface area (Å²) in [6, 6.07) is 5.38. The van der Waals surface area contributed by atoms with Crippen LogP contribution in [0.2, 0.25) is 0 Å². The standard InChI is InChI=1S/C19H26FN5/c1-12-11-14(5-6-16(12)20)18-17(21)19(23-13(2)22-18)25(4)15-7-9-24(3)10-8-15/h5-6,11,15H,7-10,21H2,1-4H3. The molecular formula is C19H26FN5. The Bertz CT molecular complexity index is 769. The maximum absolute atomic E-state index is 13.6. The van der Waals surface area contributed by atoms with E-state index in [1.54, 1.807) is 19.1 Å². The largest absolute Gasteiger partial charge is 0.394 e. The maximum atomic E-state index is 13.6. The van der Waals surface area contributed by atoms with Gasteiger partial charge in [-0.05, 0) is 70.6 Å². The molecule has 1 saturated heterocycles. The Morgan fingerprint density at radius 2 is 1.88 bits per heavy atom. The summed E-state index contributed by atoms with van der Waals surface area (Å²) in [5.74, 6) is 1.21. The molecule has 0 unspecified atom stereocenters. The van der Waals surface area contributed by atoms with Crippen LogP contribution in [0.25, 0.3) is 11.3 Å². The van der Waals surface area contributed by atoms with E-state index in [1.807, 2.05) is 14.0 Å². The number of hydrogen-bond acceptors (Lipinski definition) is 5. The molecule has 134 valence electrons. The van der Waals surface area contributed by atoms with Crippen molar-refractivity contribution in [3.63, 3.8) is 0 Å². The second kappa shape index (κ2) is 6.96. The molecule has 0 amide bonds. The number of rotatable bonds is 3. The smallest absolute Gasteiger partial charge is 0.156 e. The van der Waals surface area contributed by atoms with Gasteiger partial charge in [0.2, 0.25) is 0 Å². The zero-order valence-corrected chi connectivity index (χ0v) is 15.4. The number of halogens is 1. The van der Waals surface area contributed by atoms with Gasteiger partial charge in [0.25, 0.3) is 0 Å². The predicted octanol–water partition coefficient (Wildman–Crippen LogP) is 3.01. The molecular weight excluding hydrogens is 317 g/mol. The summed E-state index contributed by atoms with van der Waals surface area (Å²) in [5.41, 5.74) is 9.06. The number of likely N-dealkylation sites (tertiary alicyclic amines) is 1. The number of anilines is 2. The van der Waals surface area contributed by atoms with Gasteiger partial charge < -0.3 is 15.5 Å². The van der Waals surface area contributed by atoms with Crippen LogP contribution < -0.4 is 10.6 Å². The molecule has 0 saturated carbocycles.